The first kappa shape index (κ1) is 14.7. The highest BCUT2D eigenvalue weighted by Crippen LogP contribution is 1.98. The van der Waals surface area contributed by atoms with Crippen LogP contribution < -0.4 is 5.32 Å². The minimum Gasteiger partial charge on any atom is -0.343 e. The predicted molar refractivity (Wildman–Crippen MR) is 75.6 cm³/mol. The molecule has 0 fully saturated rings. The molecule has 3 nitrogen and oxygen atoms in total. The second kappa shape index (κ2) is 8.70. The lowest BCUT2D eigenvalue weighted by Gasteiger charge is -2.18. The van der Waals surface area contributed by atoms with Crippen LogP contribution in [0.15, 0.2) is 30.3 Å². The van der Waals surface area contributed by atoms with E-state index >= 15 is 0 Å². The summed E-state index contributed by atoms with van der Waals surface area (Å²) >= 11 is 0. The number of hydrogen-bond donors (Lipinski definition) is 1. The summed E-state index contributed by atoms with van der Waals surface area (Å²) in [5, 5.41) is 3.32. The van der Waals surface area contributed by atoms with E-state index in [4.69, 9.17) is 0 Å². The van der Waals surface area contributed by atoms with Gasteiger partial charge in [0.2, 0.25) is 5.91 Å². The van der Waals surface area contributed by atoms with Crippen LogP contribution in [-0.2, 0) is 11.2 Å². The molecule has 1 amide bonds. The first-order valence-corrected chi connectivity index (χ1v) is 6.80. The molecule has 0 atom stereocenters. The maximum absolute atomic E-state index is 11.7. The van der Waals surface area contributed by atoms with Gasteiger partial charge in [-0.05, 0) is 32.4 Å². The summed E-state index contributed by atoms with van der Waals surface area (Å²) in [7, 11) is 0. The van der Waals surface area contributed by atoms with Gasteiger partial charge in [0.15, 0.2) is 0 Å². The maximum atomic E-state index is 11.7. The molecule has 0 saturated carbocycles. The minimum absolute atomic E-state index is 0.243. The molecule has 1 N–H and O–H groups in total. The highest BCUT2D eigenvalue weighted by atomic mass is 16.2. The Hall–Kier alpha value is -1.35. The summed E-state index contributed by atoms with van der Waals surface area (Å²) in [6.07, 6.45) is 1.61. The fourth-order valence-corrected chi connectivity index (χ4v) is 1.93. The van der Waals surface area contributed by atoms with Crippen LogP contribution >= 0.6 is 0 Å². The fourth-order valence-electron chi connectivity index (χ4n) is 1.93. The van der Waals surface area contributed by atoms with Crippen molar-refractivity contribution in [2.24, 2.45) is 0 Å². The van der Waals surface area contributed by atoms with E-state index in [0.29, 0.717) is 6.42 Å². The van der Waals surface area contributed by atoms with E-state index in [1.54, 1.807) is 0 Å². The molecular formula is C15H24N2O. The third kappa shape index (κ3) is 5.32. The zero-order valence-electron chi connectivity index (χ0n) is 11.5. The van der Waals surface area contributed by atoms with Gasteiger partial charge in [-0.3, -0.25) is 4.79 Å². The number of carbonyl (C=O) groups is 1. The van der Waals surface area contributed by atoms with E-state index in [0.717, 1.165) is 32.6 Å². The van der Waals surface area contributed by atoms with E-state index in [1.807, 2.05) is 24.8 Å². The van der Waals surface area contributed by atoms with Crippen molar-refractivity contribution in [3.8, 4) is 0 Å². The van der Waals surface area contributed by atoms with Gasteiger partial charge in [0.1, 0.15) is 0 Å². The standard InChI is InChI=1S/C15H24N2O/c1-3-17(4-2)15(18)11-13-16-12-10-14-8-6-5-7-9-14/h5-9,16H,3-4,10-13H2,1-2H3. The highest BCUT2D eigenvalue weighted by Gasteiger charge is 2.07. The zero-order valence-corrected chi connectivity index (χ0v) is 11.5. The van der Waals surface area contributed by atoms with E-state index in [-0.39, 0.29) is 5.91 Å². The van der Waals surface area contributed by atoms with Crippen LogP contribution in [0.4, 0.5) is 0 Å². The molecule has 18 heavy (non-hydrogen) atoms. The van der Waals surface area contributed by atoms with Crippen LogP contribution in [0.3, 0.4) is 0 Å². The molecule has 0 heterocycles. The summed E-state index contributed by atoms with van der Waals surface area (Å²) in [6, 6.07) is 10.4. The molecule has 0 aliphatic rings. The van der Waals surface area contributed by atoms with Gasteiger partial charge >= 0.3 is 0 Å². The normalized spacial score (nSPS) is 10.3. The van der Waals surface area contributed by atoms with Crippen molar-refractivity contribution in [3.05, 3.63) is 35.9 Å². The lowest BCUT2D eigenvalue weighted by Crippen LogP contribution is -2.33. The molecule has 1 aromatic carbocycles. The predicted octanol–water partition coefficient (Wildman–Crippen LogP) is 2.08. The van der Waals surface area contributed by atoms with Crippen LogP contribution in [0, 0.1) is 0 Å². The van der Waals surface area contributed by atoms with Crippen LogP contribution in [0.5, 0.6) is 0 Å². The smallest absolute Gasteiger partial charge is 0.223 e. The van der Waals surface area contributed by atoms with Gasteiger partial charge in [0.25, 0.3) is 0 Å². The van der Waals surface area contributed by atoms with Gasteiger partial charge in [-0.25, -0.2) is 0 Å². The number of benzene rings is 1. The molecule has 0 saturated heterocycles. The van der Waals surface area contributed by atoms with Gasteiger partial charge in [0.05, 0.1) is 0 Å². The lowest BCUT2D eigenvalue weighted by molar-refractivity contribution is -0.130. The van der Waals surface area contributed by atoms with Crippen molar-refractivity contribution < 1.29 is 4.79 Å². The fraction of sp³-hybridized carbons (Fsp3) is 0.533. The van der Waals surface area contributed by atoms with Gasteiger partial charge in [-0.2, -0.15) is 0 Å². The zero-order chi connectivity index (χ0) is 13.2. The largest absolute Gasteiger partial charge is 0.343 e. The summed E-state index contributed by atoms with van der Waals surface area (Å²) in [4.78, 5) is 13.6. The lowest BCUT2D eigenvalue weighted by atomic mass is 10.1. The van der Waals surface area contributed by atoms with E-state index < -0.39 is 0 Å². The van der Waals surface area contributed by atoms with Crippen molar-refractivity contribution in [3.63, 3.8) is 0 Å². The number of rotatable bonds is 8. The average Bonchev–Trinajstić information content (AvgIpc) is 2.41. The number of nitrogens with zero attached hydrogens (tertiary/aromatic N) is 1. The van der Waals surface area contributed by atoms with Crippen LogP contribution in [-0.4, -0.2) is 37.0 Å². The van der Waals surface area contributed by atoms with E-state index in [9.17, 15) is 4.79 Å². The number of hydrogen-bond acceptors (Lipinski definition) is 2. The summed E-state index contributed by atoms with van der Waals surface area (Å²) in [5.41, 5.74) is 1.33. The second-order valence-electron chi connectivity index (χ2n) is 4.30. The Labute approximate surface area is 110 Å². The third-order valence-electron chi connectivity index (χ3n) is 3.07. The highest BCUT2D eigenvalue weighted by molar-refractivity contribution is 5.76. The van der Waals surface area contributed by atoms with Gasteiger partial charge < -0.3 is 10.2 Å². The van der Waals surface area contributed by atoms with Crippen LogP contribution in [0.1, 0.15) is 25.8 Å². The Kier molecular flexibility index (Phi) is 7.11. The quantitative estimate of drug-likeness (QED) is 0.714. The molecule has 0 aliphatic carbocycles. The molecule has 0 radical (unpaired) electrons. The Morgan fingerprint density at radius 3 is 2.39 bits per heavy atom. The number of nitrogens with one attached hydrogen (secondary N) is 1. The Bertz CT molecular complexity index is 334. The number of amides is 1. The Morgan fingerprint density at radius 1 is 1.11 bits per heavy atom. The van der Waals surface area contributed by atoms with Crippen LogP contribution in [0.25, 0.3) is 0 Å². The summed E-state index contributed by atoms with van der Waals surface area (Å²) in [6.45, 7) is 7.34. The molecule has 0 aliphatic heterocycles. The Balaban J connectivity index is 2.10. The molecular weight excluding hydrogens is 224 g/mol. The molecule has 1 rings (SSSR count). The molecule has 0 aromatic heterocycles. The molecule has 1 aromatic rings. The summed E-state index contributed by atoms with van der Waals surface area (Å²) in [5.74, 6) is 0.243. The average molecular weight is 248 g/mol. The van der Waals surface area contributed by atoms with Gasteiger partial charge in [-0.15, -0.1) is 0 Å². The minimum atomic E-state index is 0.243. The van der Waals surface area contributed by atoms with Crippen molar-refractivity contribution in [1.82, 2.24) is 10.2 Å². The second-order valence-corrected chi connectivity index (χ2v) is 4.30. The van der Waals surface area contributed by atoms with Crippen molar-refractivity contribution in [2.75, 3.05) is 26.2 Å². The SMILES string of the molecule is CCN(CC)C(=O)CCNCCc1ccccc1. The van der Waals surface area contributed by atoms with Crippen molar-refractivity contribution >= 4 is 5.91 Å². The molecule has 0 spiro atoms. The number of carbonyl (C=O) groups excluding carboxylic acids is 1. The third-order valence-corrected chi connectivity index (χ3v) is 3.07. The first-order chi connectivity index (χ1) is 8.77. The maximum Gasteiger partial charge on any atom is 0.223 e. The van der Waals surface area contributed by atoms with Crippen molar-refractivity contribution in [1.29, 1.82) is 0 Å². The van der Waals surface area contributed by atoms with Crippen LogP contribution in [0.2, 0.25) is 0 Å². The molecule has 100 valence electrons. The van der Waals surface area contributed by atoms with E-state index in [2.05, 4.69) is 29.6 Å². The molecule has 0 bridgehead atoms. The molecule has 0 unspecified atom stereocenters. The summed E-state index contributed by atoms with van der Waals surface area (Å²) < 4.78 is 0. The molecule has 3 heteroatoms. The first-order valence-electron chi connectivity index (χ1n) is 6.80. The monoisotopic (exact) mass is 248 g/mol. The Morgan fingerprint density at radius 2 is 1.78 bits per heavy atom. The topological polar surface area (TPSA) is 32.3 Å². The van der Waals surface area contributed by atoms with Gasteiger partial charge in [-0.1, -0.05) is 30.3 Å². The van der Waals surface area contributed by atoms with Gasteiger partial charge in [0, 0.05) is 26.1 Å². The van der Waals surface area contributed by atoms with E-state index in [1.165, 1.54) is 5.56 Å². The van der Waals surface area contributed by atoms with Crippen molar-refractivity contribution in [2.45, 2.75) is 26.7 Å².